The molecule has 0 unspecified atom stereocenters. The zero-order chi connectivity index (χ0) is 29.2. The first kappa shape index (κ1) is 28.9. The van der Waals surface area contributed by atoms with E-state index < -0.39 is 28.3 Å². The number of carbonyl (C=O) groups is 2. The molecule has 4 rings (SSSR count). The summed E-state index contributed by atoms with van der Waals surface area (Å²) in [6.07, 6.45) is -1.50. The van der Waals surface area contributed by atoms with E-state index in [4.69, 9.17) is 9.47 Å². The van der Waals surface area contributed by atoms with E-state index >= 15 is 0 Å². The molecule has 0 spiro atoms. The topological polar surface area (TPSA) is 120 Å². The van der Waals surface area contributed by atoms with Crippen LogP contribution >= 0.6 is 0 Å². The zero-order valence-corrected chi connectivity index (χ0v) is 23.6. The molecule has 0 bridgehead atoms. The first-order valence-electron chi connectivity index (χ1n) is 12.6. The molecule has 11 heteroatoms. The molecule has 1 aliphatic rings. The molecule has 212 valence electrons. The molecule has 0 fully saturated rings. The third kappa shape index (κ3) is 6.71. The maximum absolute atomic E-state index is 13.4. The van der Waals surface area contributed by atoms with Gasteiger partial charge in [0.05, 0.1) is 5.69 Å². The number of fused-ring (bicyclic) bond motifs is 3. The van der Waals surface area contributed by atoms with Gasteiger partial charge in [0, 0.05) is 18.0 Å². The normalized spacial score (nSPS) is 12.8. The van der Waals surface area contributed by atoms with Crippen molar-refractivity contribution in [3.05, 3.63) is 82.4 Å². The van der Waals surface area contributed by atoms with Crippen molar-refractivity contribution in [1.82, 2.24) is 5.32 Å². The molecule has 40 heavy (non-hydrogen) atoms. The van der Waals surface area contributed by atoms with Crippen molar-refractivity contribution >= 4 is 28.4 Å². The lowest BCUT2D eigenvalue weighted by Gasteiger charge is -2.22. The summed E-state index contributed by atoms with van der Waals surface area (Å²) in [5.74, 6) is -0.470. The van der Waals surface area contributed by atoms with Gasteiger partial charge in [0.25, 0.3) is 0 Å². The highest BCUT2D eigenvalue weighted by molar-refractivity contribution is 7.81. The van der Waals surface area contributed by atoms with E-state index in [0.29, 0.717) is 11.1 Å². The number of alkyl carbamates (subject to hydrolysis) is 1. The molecular formula is C29H31FN2O7S. The number of halogens is 1. The number of carbonyl (C=O) groups excluding carboxylic acids is 2. The third-order valence-corrected chi connectivity index (χ3v) is 6.87. The summed E-state index contributed by atoms with van der Waals surface area (Å²) >= 11 is 0. The predicted molar refractivity (Wildman–Crippen MR) is 148 cm³/mol. The van der Waals surface area contributed by atoms with Crippen LogP contribution in [-0.2, 0) is 26.5 Å². The van der Waals surface area contributed by atoms with Gasteiger partial charge in [-0.1, -0.05) is 52.4 Å². The number of ether oxygens (including phenoxy) is 2. The van der Waals surface area contributed by atoms with Crippen LogP contribution in [0, 0.1) is 13.8 Å². The maximum atomic E-state index is 13.4. The summed E-state index contributed by atoms with van der Waals surface area (Å²) in [5, 5.41) is 5.20. The fourth-order valence-electron chi connectivity index (χ4n) is 4.73. The van der Waals surface area contributed by atoms with Gasteiger partial charge in [-0.3, -0.25) is 5.32 Å². The van der Waals surface area contributed by atoms with Crippen LogP contribution in [0.5, 0.6) is 5.75 Å². The Morgan fingerprint density at radius 1 is 0.925 bits per heavy atom. The van der Waals surface area contributed by atoms with Crippen LogP contribution in [0.1, 0.15) is 54.5 Å². The highest BCUT2D eigenvalue weighted by Crippen LogP contribution is 2.44. The van der Waals surface area contributed by atoms with Gasteiger partial charge in [-0.05, 0) is 74.1 Å². The monoisotopic (exact) mass is 570 g/mol. The Labute approximate surface area is 233 Å². The molecule has 3 aromatic rings. The summed E-state index contributed by atoms with van der Waals surface area (Å²) in [4.78, 5) is 25.1. The van der Waals surface area contributed by atoms with Crippen molar-refractivity contribution < 1.29 is 35.5 Å². The molecule has 0 aromatic heterocycles. The number of hydrogen-bond acceptors (Lipinski definition) is 7. The molecule has 0 saturated carbocycles. The van der Waals surface area contributed by atoms with Gasteiger partial charge in [-0.25, -0.2) is 9.59 Å². The predicted octanol–water partition coefficient (Wildman–Crippen LogP) is 6.28. The Morgan fingerprint density at radius 3 is 2.05 bits per heavy atom. The van der Waals surface area contributed by atoms with Gasteiger partial charge in [-0.2, -0.15) is 8.42 Å². The minimum Gasteiger partial charge on any atom is -0.449 e. The van der Waals surface area contributed by atoms with Gasteiger partial charge in [0.15, 0.2) is 5.75 Å². The molecule has 0 heterocycles. The van der Waals surface area contributed by atoms with E-state index in [9.17, 15) is 21.9 Å². The largest absolute Gasteiger partial charge is 0.488 e. The number of rotatable bonds is 7. The van der Waals surface area contributed by atoms with Crippen molar-refractivity contribution in [2.24, 2.45) is 0 Å². The van der Waals surface area contributed by atoms with Crippen molar-refractivity contribution in [3.8, 4) is 16.9 Å². The Balaban J connectivity index is 1.50. The molecule has 2 N–H and O–H groups in total. The van der Waals surface area contributed by atoms with Crippen molar-refractivity contribution in [3.63, 3.8) is 0 Å². The highest BCUT2D eigenvalue weighted by Gasteiger charge is 2.29. The van der Waals surface area contributed by atoms with E-state index in [2.05, 4.69) is 14.8 Å². The second-order valence-electron chi connectivity index (χ2n) is 10.4. The van der Waals surface area contributed by atoms with E-state index in [-0.39, 0.29) is 36.1 Å². The molecule has 2 amide bonds. The van der Waals surface area contributed by atoms with Crippen LogP contribution in [0.25, 0.3) is 11.1 Å². The van der Waals surface area contributed by atoms with Crippen LogP contribution in [-0.4, -0.2) is 32.8 Å². The van der Waals surface area contributed by atoms with Crippen LogP contribution in [0.3, 0.4) is 0 Å². The summed E-state index contributed by atoms with van der Waals surface area (Å²) in [6.45, 7) is 8.16. The number of hydrogen-bond donors (Lipinski definition) is 2. The number of nitrogens with one attached hydrogen (secondary N) is 2. The molecular weight excluding hydrogens is 539 g/mol. The van der Waals surface area contributed by atoms with Crippen LogP contribution in [0.15, 0.2) is 54.6 Å². The zero-order valence-electron chi connectivity index (χ0n) is 22.8. The highest BCUT2D eigenvalue weighted by atomic mass is 32.3. The Morgan fingerprint density at radius 2 is 1.50 bits per heavy atom. The summed E-state index contributed by atoms with van der Waals surface area (Å²) < 4.78 is 51.2. The number of benzene rings is 3. The fraction of sp³-hybridized carbons (Fsp3) is 0.310. The quantitative estimate of drug-likeness (QED) is 0.321. The Hall–Kier alpha value is -4.12. The fourth-order valence-corrected chi connectivity index (χ4v) is 5.11. The average molecular weight is 571 g/mol. The summed E-state index contributed by atoms with van der Waals surface area (Å²) in [6, 6.07) is 17.2. The van der Waals surface area contributed by atoms with E-state index in [1.54, 1.807) is 27.7 Å². The number of anilines is 1. The lowest BCUT2D eigenvalue weighted by Crippen LogP contribution is -2.28. The Bertz CT molecular complexity index is 1520. The van der Waals surface area contributed by atoms with Crippen LogP contribution in [0.2, 0.25) is 0 Å². The molecule has 0 aliphatic heterocycles. The lowest BCUT2D eigenvalue weighted by molar-refractivity contribution is 0.0635. The van der Waals surface area contributed by atoms with Gasteiger partial charge < -0.3 is 19.0 Å². The van der Waals surface area contributed by atoms with E-state index in [0.717, 1.165) is 22.3 Å². The second-order valence-corrected chi connectivity index (χ2v) is 11.4. The Kier molecular flexibility index (Phi) is 8.06. The first-order chi connectivity index (χ1) is 18.7. The van der Waals surface area contributed by atoms with Gasteiger partial charge in [-0.15, -0.1) is 0 Å². The van der Waals surface area contributed by atoms with Gasteiger partial charge in [0.1, 0.15) is 12.2 Å². The van der Waals surface area contributed by atoms with Crippen LogP contribution in [0.4, 0.5) is 19.2 Å². The summed E-state index contributed by atoms with van der Waals surface area (Å²) in [7, 11) is -5.36. The van der Waals surface area contributed by atoms with Gasteiger partial charge in [0.2, 0.25) is 0 Å². The number of amides is 2. The van der Waals surface area contributed by atoms with Crippen LogP contribution < -0.4 is 14.8 Å². The van der Waals surface area contributed by atoms with Crippen molar-refractivity contribution in [2.45, 2.75) is 52.7 Å². The SMILES string of the molecule is Cc1c(CNC(=O)OCC2c3ccccc3-c3ccccc32)cc(OS(=O)(=O)F)c(C)c1NC(=O)OC(C)(C)C. The molecule has 3 aromatic carbocycles. The van der Waals surface area contributed by atoms with Crippen molar-refractivity contribution in [2.75, 3.05) is 11.9 Å². The minimum atomic E-state index is -5.36. The molecule has 0 atom stereocenters. The second kappa shape index (κ2) is 11.2. The lowest BCUT2D eigenvalue weighted by atomic mass is 9.98. The van der Waals surface area contributed by atoms with Crippen molar-refractivity contribution in [1.29, 1.82) is 0 Å². The van der Waals surface area contributed by atoms with E-state index in [1.165, 1.54) is 13.0 Å². The minimum absolute atomic E-state index is 0.104. The summed E-state index contributed by atoms with van der Waals surface area (Å²) in [5.41, 5.74) is 4.72. The third-order valence-electron chi connectivity index (χ3n) is 6.49. The standard InChI is InChI=1S/C29H31FN2O7S/c1-17-19(14-25(39-40(30,35)36)18(2)26(17)32-28(34)38-29(3,4)5)15-31-27(33)37-16-24-22-12-8-6-10-20(22)21-11-7-9-13-23(21)24/h6-14,24H,15-16H2,1-5H3,(H,31,33)(H,32,34). The molecule has 1 aliphatic carbocycles. The molecule has 0 radical (unpaired) electrons. The maximum Gasteiger partial charge on any atom is 0.488 e. The molecule has 0 saturated heterocycles. The average Bonchev–Trinajstić information content (AvgIpc) is 3.18. The van der Waals surface area contributed by atoms with E-state index in [1.807, 2.05) is 48.5 Å². The first-order valence-corrected chi connectivity index (χ1v) is 13.9. The molecule has 9 nitrogen and oxygen atoms in total. The van der Waals surface area contributed by atoms with Gasteiger partial charge >= 0.3 is 22.7 Å². The smallest absolute Gasteiger partial charge is 0.449 e.